The first-order valence-electron chi connectivity index (χ1n) is 11.8. The van der Waals surface area contributed by atoms with Crippen LogP contribution in [0.2, 0.25) is 0 Å². The number of benzene rings is 2. The Bertz CT molecular complexity index is 1210. The van der Waals surface area contributed by atoms with Gasteiger partial charge < -0.3 is 9.84 Å². The van der Waals surface area contributed by atoms with Crippen molar-refractivity contribution in [3.8, 4) is 0 Å². The average molecular weight is 506 g/mol. The van der Waals surface area contributed by atoms with Crippen LogP contribution >= 0.6 is 11.6 Å². The number of aryl methyl sites for hydroxylation is 1. The van der Waals surface area contributed by atoms with Crippen LogP contribution in [0.4, 0.5) is 5.69 Å². The molecule has 1 fully saturated rings. The first kappa shape index (κ1) is 25.0. The Kier molecular flexibility index (Phi) is 7.82. The SMILES string of the molecule is CCc1ccc(N(C(C)C(O)CCl)S(=O)(=O)c2ccc3c(cnn3CC3CCOCC3)c2)cc1. The number of halogens is 1. The van der Waals surface area contributed by atoms with E-state index >= 15 is 0 Å². The predicted molar refractivity (Wildman–Crippen MR) is 135 cm³/mol. The van der Waals surface area contributed by atoms with E-state index in [2.05, 4.69) is 5.10 Å². The minimum absolute atomic E-state index is 0.0712. The minimum Gasteiger partial charge on any atom is -0.390 e. The number of hydrogen-bond acceptors (Lipinski definition) is 5. The van der Waals surface area contributed by atoms with Gasteiger partial charge in [-0.15, -0.1) is 11.6 Å². The molecule has 0 amide bonds. The molecule has 0 radical (unpaired) electrons. The summed E-state index contributed by atoms with van der Waals surface area (Å²) in [5.41, 5.74) is 2.49. The zero-order valence-corrected chi connectivity index (χ0v) is 21.2. The Labute approximate surface area is 206 Å². The van der Waals surface area contributed by atoms with Crippen molar-refractivity contribution in [3.05, 3.63) is 54.2 Å². The zero-order valence-electron chi connectivity index (χ0n) is 19.6. The van der Waals surface area contributed by atoms with E-state index in [0.717, 1.165) is 55.5 Å². The fourth-order valence-corrected chi connectivity index (χ4v) is 6.39. The fourth-order valence-electron chi connectivity index (χ4n) is 4.41. The van der Waals surface area contributed by atoms with Gasteiger partial charge >= 0.3 is 0 Å². The van der Waals surface area contributed by atoms with Gasteiger partial charge in [0.05, 0.1) is 40.3 Å². The summed E-state index contributed by atoms with van der Waals surface area (Å²) < 4.78 is 36.4. The van der Waals surface area contributed by atoms with Gasteiger partial charge in [-0.25, -0.2) is 8.42 Å². The molecule has 2 atom stereocenters. The molecule has 1 N–H and O–H groups in total. The molecule has 3 aromatic rings. The number of anilines is 1. The maximum Gasteiger partial charge on any atom is 0.264 e. The molecule has 0 aliphatic carbocycles. The van der Waals surface area contributed by atoms with Gasteiger partial charge in [0.1, 0.15) is 0 Å². The second kappa shape index (κ2) is 10.6. The molecule has 34 heavy (non-hydrogen) atoms. The second-order valence-electron chi connectivity index (χ2n) is 8.89. The molecule has 7 nitrogen and oxygen atoms in total. The van der Waals surface area contributed by atoms with Crippen molar-refractivity contribution in [3.63, 3.8) is 0 Å². The minimum atomic E-state index is -3.98. The van der Waals surface area contributed by atoms with Crippen LogP contribution in [0.15, 0.2) is 53.6 Å². The third kappa shape index (κ3) is 5.10. The number of rotatable bonds is 9. The van der Waals surface area contributed by atoms with E-state index in [9.17, 15) is 13.5 Å². The van der Waals surface area contributed by atoms with Gasteiger partial charge in [-0.2, -0.15) is 5.10 Å². The monoisotopic (exact) mass is 505 g/mol. The Morgan fingerprint density at radius 2 is 1.91 bits per heavy atom. The molecule has 0 spiro atoms. The number of hydrogen-bond donors (Lipinski definition) is 1. The van der Waals surface area contributed by atoms with E-state index in [1.807, 2.05) is 29.8 Å². The number of ether oxygens (including phenoxy) is 1. The van der Waals surface area contributed by atoms with Crippen LogP contribution in [-0.4, -0.2) is 54.5 Å². The molecule has 4 rings (SSSR count). The van der Waals surface area contributed by atoms with Gasteiger partial charge in [-0.3, -0.25) is 8.99 Å². The maximum absolute atomic E-state index is 13.8. The third-order valence-electron chi connectivity index (χ3n) is 6.63. The number of nitrogens with zero attached hydrogens (tertiary/aromatic N) is 3. The number of aliphatic hydroxyl groups excluding tert-OH is 1. The third-order valence-corrected chi connectivity index (χ3v) is 8.85. The van der Waals surface area contributed by atoms with Gasteiger partial charge in [0.2, 0.25) is 0 Å². The van der Waals surface area contributed by atoms with Crippen LogP contribution in [0.1, 0.15) is 32.3 Å². The first-order chi connectivity index (χ1) is 16.3. The van der Waals surface area contributed by atoms with Crippen molar-refractivity contribution in [1.29, 1.82) is 0 Å². The highest BCUT2D eigenvalue weighted by Gasteiger charge is 2.33. The second-order valence-corrected chi connectivity index (χ2v) is 11.0. The highest BCUT2D eigenvalue weighted by atomic mass is 35.5. The van der Waals surface area contributed by atoms with E-state index in [1.165, 1.54) is 4.31 Å². The van der Waals surface area contributed by atoms with Crippen LogP contribution in [0.5, 0.6) is 0 Å². The molecule has 0 bridgehead atoms. The molecular weight excluding hydrogens is 474 g/mol. The molecule has 1 aromatic heterocycles. The lowest BCUT2D eigenvalue weighted by atomic mass is 10.0. The van der Waals surface area contributed by atoms with Crippen LogP contribution < -0.4 is 4.31 Å². The summed E-state index contributed by atoms with van der Waals surface area (Å²) >= 11 is 5.89. The molecule has 1 aliphatic heterocycles. The highest BCUT2D eigenvalue weighted by molar-refractivity contribution is 7.92. The first-order valence-corrected chi connectivity index (χ1v) is 13.7. The van der Waals surface area contributed by atoms with Gasteiger partial charge in [0.25, 0.3) is 10.0 Å². The van der Waals surface area contributed by atoms with Crippen LogP contribution in [0, 0.1) is 5.92 Å². The van der Waals surface area contributed by atoms with Crippen molar-refractivity contribution in [1.82, 2.24) is 9.78 Å². The summed E-state index contributed by atoms with van der Waals surface area (Å²) in [6, 6.07) is 11.7. The molecule has 184 valence electrons. The molecule has 1 aliphatic rings. The lowest BCUT2D eigenvalue weighted by molar-refractivity contribution is 0.0605. The molecule has 0 saturated carbocycles. The molecule has 9 heteroatoms. The Balaban J connectivity index is 1.69. The lowest BCUT2D eigenvalue weighted by Gasteiger charge is -2.33. The van der Waals surface area contributed by atoms with Crippen LogP contribution in [-0.2, 0) is 27.7 Å². The molecule has 2 heterocycles. The molecular formula is C25H32ClN3O4S. The van der Waals surface area contributed by atoms with E-state index in [0.29, 0.717) is 11.6 Å². The fraction of sp³-hybridized carbons (Fsp3) is 0.480. The van der Waals surface area contributed by atoms with E-state index < -0.39 is 22.2 Å². The zero-order chi connectivity index (χ0) is 24.3. The number of fused-ring (bicyclic) bond motifs is 1. The van der Waals surface area contributed by atoms with Gasteiger partial charge in [-0.05, 0) is 68.0 Å². The van der Waals surface area contributed by atoms with Crippen molar-refractivity contribution in [2.24, 2.45) is 5.92 Å². The quantitative estimate of drug-likeness (QED) is 0.440. The van der Waals surface area contributed by atoms with Crippen LogP contribution in [0.25, 0.3) is 10.9 Å². The Morgan fingerprint density at radius 3 is 2.56 bits per heavy atom. The molecule has 2 aromatic carbocycles. The average Bonchev–Trinajstić information content (AvgIpc) is 3.26. The van der Waals surface area contributed by atoms with Crippen molar-refractivity contribution in [2.75, 3.05) is 23.4 Å². The summed E-state index contributed by atoms with van der Waals surface area (Å²) in [6.45, 7) is 6.04. The van der Waals surface area contributed by atoms with Crippen molar-refractivity contribution in [2.45, 2.75) is 56.7 Å². The van der Waals surface area contributed by atoms with Gasteiger partial charge in [0.15, 0.2) is 0 Å². The largest absolute Gasteiger partial charge is 0.390 e. The number of aliphatic hydroxyl groups is 1. The van der Waals surface area contributed by atoms with Crippen LogP contribution in [0.3, 0.4) is 0 Å². The lowest BCUT2D eigenvalue weighted by Crippen LogP contribution is -2.46. The molecule has 2 unspecified atom stereocenters. The van der Waals surface area contributed by atoms with Crippen molar-refractivity contribution < 1.29 is 18.3 Å². The summed E-state index contributed by atoms with van der Waals surface area (Å²) in [5, 5.41) is 15.7. The highest BCUT2D eigenvalue weighted by Crippen LogP contribution is 2.30. The number of alkyl halides is 1. The van der Waals surface area contributed by atoms with E-state index in [-0.39, 0.29) is 10.8 Å². The standard InChI is InChI=1S/C25H32ClN3O4S/c1-3-19-4-6-22(7-5-19)29(18(2)25(30)15-26)34(31,32)23-8-9-24-21(14-23)16-27-28(24)17-20-10-12-33-13-11-20/h4-9,14,16,18,20,25,30H,3,10-13,15,17H2,1-2H3. The molecule has 1 saturated heterocycles. The number of aromatic nitrogens is 2. The Morgan fingerprint density at radius 1 is 1.21 bits per heavy atom. The topological polar surface area (TPSA) is 84.7 Å². The summed E-state index contributed by atoms with van der Waals surface area (Å²) in [7, 11) is -3.98. The smallest absolute Gasteiger partial charge is 0.264 e. The maximum atomic E-state index is 13.8. The Hall–Kier alpha value is -2.13. The number of sulfonamides is 1. The predicted octanol–water partition coefficient (Wildman–Crippen LogP) is 4.21. The van der Waals surface area contributed by atoms with E-state index in [4.69, 9.17) is 16.3 Å². The summed E-state index contributed by atoms with van der Waals surface area (Å²) in [5.74, 6) is 0.429. The van der Waals surface area contributed by atoms with Gasteiger partial charge in [0, 0.05) is 25.1 Å². The normalized spacial score (nSPS) is 17.1. The van der Waals surface area contributed by atoms with Crippen molar-refractivity contribution >= 4 is 38.2 Å². The summed E-state index contributed by atoms with van der Waals surface area (Å²) in [6.07, 6.45) is 3.54. The van der Waals surface area contributed by atoms with E-state index in [1.54, 1.807) is 37.4 Å². The van der Waals surface area contributed by atoms with Gasteiger partial charge in [-0.1, -0.05) is 19.1 Å². The summed E-state index contributed by atoms with van der Waals surface area (Å²) in [4.78, 5) is 0.152.